The lowest BCUT2D eigenvalue weighted by molar-refractivity contribution is 0.285. The van der Waals surface area contributed by atoms with Crippen molar-refractivity contribution in [3.05, 3.63) is 12.7 Å². The van der Waals surface area contributed by atoms with Crippen LogP contribution in [0.5, 0.6) is 0 Å². The van der Waals surface area contributed by atoms with Gasteiger partial charge in [-0.2, -0.15) is 0 Å². The SMILES string of the molecule is C=CCC(CNC)CC1CCCCC1. The van der Waals surface area contributed by atoms with Crippen LogP contribution in [0.25, 0.3) is 0 Å². The first-order chi connectivity index (χ1) is 6.86. The number of nitrogens with one attached hydrogen (secondary N) is 1. The summed E-state index contributed by atoms with van der Waals surface area (Å²) >= 11 is 0. The molecule has 1 N–H and O–H groups in total. The van der Waals surface area contributed by atoms with Crippen LogP contribution in [0.1, 0.15) is 44.9 Å². The molecule has 1 heteroatoms. The van der Waals surface area contributed by atoms with Gasteiger partial charge in [0.15, 0.2) is 0 Å². The number of hydrogen-bond donors (Lipinski definition) is 1. The molecule has 0 bridgehead atoms. The first-order valence-corrected chi connectivity index (χ1v) is 6.12. The Balaban J connectivity index is 2.25. The number of hydrogen-bond acceptors (Lipinski definition) is 1. The Bertz CT molecular complexity index is 147. The monoisotopic (exact) mass is 195 g/mol. The Morgan fingerprint density at radius 2 is 2.07 bits per heavy atom. The summed E-state index contributed by atoms with van der Waals surface area (Å²) in [6.45, 7) is 5.00. The average Bonchev–Trinajstić information content (AvgIpc) is 2.20. The van der Waals surface area contributed by atoms with Crippen molar-refractivity contribution in [3.8, 4) is 0 Å². The maximum absolute atomic E-state index is 3.85. The predicted molar refractivity (Wildman–Crippen MR) is 63.4 cm³/mol. The van der Waals surface area contributed by atoms with Gasteiger partial charge in [0, 0.05) is 0 Å². The molecular weight excluding hydrogens is 170 g/mol. The minimum absolute atomic E-state index is 0.820. The summed E-state index contributed by atoms with van der Waals surface area (Å²) in [7, 11) is 2.05. The first kappa shape index (κ1) is 11.8. The lowest BCUT2D eigenvalue weighted by Gasteiger charge is -2.25. The van der Waals surface area contributed by atoms with Crippen molar-refractivity contribution in [2.24, 2.45) is 11.8 Å². The summed E-state index contributed by atoms with van der Waals surface area (Å²) < 4.78 is 0. The van der Waals surface area contributed by atoms with E-state index in [-0.39, 0.29) is 0 Å². The van der Waals surface area contributed by atoms with Crippen LogP contribution in [0.3, 0.4) is 0 Å². The molecule has 1 rings (SSSR count). The normalized spacial score (nSPS) is 20.6. The van der Waals surface area contributed by atoms with Gasteiger partial charge < -0.3 is 5.32 Å². The summed E-state index contributed by atoms with van der Waals surface area (Å²) in [6.07, 6.45) is 12.0. The summed E-state index contributed by atoms with van der Waals surface area (Å²) in [5, 5.41) is 3.29. The highest BCUT2D eigenvalue weighted by Crippen LogP contribution is 2.29. The molecule has 0 heterocycles. The Labute approximate surface area is 89.0 Å². The highest BCUT2D eigenvalue weighted by molar-refractivity contribution is 4.78. The van der Waals surface area contributed by atoms with Gasteiger partial charge in [-0.1, -0.05) is 38.2 Å². The van der Waals surface area contributed by atoms with Gasteiger partial charge in [-0.15, -0.1) is 6.58 Å². The minimum atomic E-state index is 0.820. The van der Waals surface area contributed by atoms with Gasteiger partial charge in [-0.05, 0) is 38.3 Å². The summed E-state index contributed by atoms with van der Waals surface area (Å²) in [5.41, 5.74) is 0. The van der Waals surface area contributed by atoms with Gasteiger partial charge in [0.25, 0.3) is 0 Å². The highest BCUT2D eigenvalue weighted by atomic mass is 14.8. The van der Waals surface area contributed by atoms with Crippen LogP contribution in [0.4, 0.5) is 0 Å². The van der Waals surface area contributed by atoms with E-state index in [9.17, 15) is 0 Å². The molecule has 0 spiro atoms. The van der Waals surface area contributed by atoms with E-state index in [4.69, 9.17) is 0 Å². The number of allylic oxidation sites excluding steroid dienone is 1. The van der Waals surface area contributed by atoms with Crippen molar-refractivity contribution < 1.29 is 0 Å². The van der Waals surface area contributed by atoms with Crippen molar-refractivity contribution in [2.75, 3.05) is 13.6 Å². The third-order valence-electron chi connectivity index (χ3n) is 3.38. The molecule has 0 saturated heterocycles. The van der Waals surface area contributed by atoms with E-state index in [0.717, 1.165) is 18.4 Å². The van der Waals surface area contributed by atoms with Gasteiger partial charge in [0.1, 0.15) is 0 Å². The molecular formula is C13H25N. The molecule has 0 aromatic carbocycles. The van der Waals surface area contributed by atoms with E-state index in [1.807, 2.05) is 0 Å². The molecule has 1 aliphatic carbocycles. The average molecular weight is 195 g/mol. The van der Waals surface area contributed by atoms with Crippen molar-refractivity contribution in [2.45, 2.75) is 44.9 Å². The Morgan fingerprint density at radius 3 is 2.64 bits per heavy atom. The molecule has 0 radical (unpaired) electrons. The zero-order chi connectivity index (χ0) is 10.2. The van der Waals surface area contributed by atoms with Crippen LogP contribution >= 0.6 is 0 Å². The van der Waals surface area contributed by atoms with Crippen LogP contribution < -0.4 is 5.32 Å². The topological polar surface area (TPSA) is 12.0 Å². The third kappa shape index (κ3) is 4.28. The Morgan fingerprint density at radius 1 is 1.36 bits per heavy atom. The highest BCUT2D eigenvalue weighted by Gasteiger charge is 2.17. The maximum atomic E-state index is 3.85. The molecule has 1 atom stereocenters. The van der Waals surface area contributed by atoms with Crippen molar-refractivity contribution in [1.82, 2.24) is 5.32 Å². The van der Waals surface area contributed by atoms with Crippen LogP contribution in [-0.2, 0) is 0 Å². The minimum Gasteiger partial charge on any atom is -0.319 e. The predicted octanol–water partition coefficient (Wildman–Crippen LogP) is 3.37. The molecule has 82 valence electrons. The Hall–Kier alpha value is -0.300. The van der Waals surface area contributed by atoms with E-state index in [2.05, 4.69) is 25.0 Å². The van der Waals surface area contributed by atoms with Crippen LogP contribution in [0.15, 0.2) is 12.7 Å². The van der Waals surface area contributed by atoms with Crippen LogP contribution in [0, 0.1) is 11.8 Å². The van der Waals surface area contributed by atoms with Crippen molar-refractivity contribution >= 4 is 0 Å². The quantitative estimate of drug-likeness (QED) is 0.641. The molecule has 1 aliphatic rings. The first-order valence-electron chi connectivity index (χ1n) is 6.12. The zero-order valence-corrected chi connectivity index (χ0v) is 9.60. The molecule has 1 saturated carbocycles. The van der Waals surface area contributed by atoms with Crippen molar-refractivity contribution in [3.63, 3.8) is 0 Å². The molecule has 14 heavy (non-hydrogen) atoms. The van der Waals surface area contributed by atoms with Crippen LogP contribution in [-0.4, -0.2) is 13.6 Å². The van der Waals surface area contributed by atoms with Gasteiger partial charge in [-0.3, -0.25) is 0 Å². The van der Waals surface area contributed by atoms with E-state index in [1.165, 1.54) is 44.9 Å². The molecule has 0 amide bonds. The molecule has 0 aromatic heterocycles. The Kier molecular flexibility index (Phi) is 5.93. The van der Waals surface area contributed by atoms with E-state index in [0.29, 0.717) is 0 Å². The van der Waals surface area contributed by atoms with Crippen LogP contribution in [0.2, 0.25) is 0 Å². The molecule has 1 nitrogen and oxygen atoms in total. The van der Waals surface area contributed by atoms with E-state index < -0.39 is 0 Å². The fraction of sp³-hybridized carbons (Fsp3) is 0.846. The standard InChI is InChI=1S/C13H25N/c1-3-7-13(11-14-2)10-12-8-5-4-6-9-12/h3,12-14H,1,4-11H2,2H3. The lowest BCUT2D eigenvalue weighted by Crippen LogP contribution is -2.22. The molecule has 1 unspecified atom stereocenters. The summed E-state index contributed by atoms with van der Waals surface area (Å²) in [5.74, 6) is 1.82. The van der Waals surface area contributed by atoms with Crippen molar-refractivity contribution in [1.29, 1.82) is 0 Å². The second-order valence-electron chi connectivity index (χ2n) is 4.69. The fourth-order valence-electron chi connectivity index (χ4n) is 2.68. The largest absolute Gasteiger partial charge is 0.319 e. The van der Waals surface area contributed by atoms with Gasteiger partial charge >= 0.3 is 0 Å². The van der Waals surface area contributed by atoms with Gasteiger partial charge in [-0.25, -0.2) is 0 Å². The molecule has 0 aliphatic heterocycles. The third-order valence-corrected chi connectivity index (χ3v) is 3.38. The number of rotatable bonds is 6. The lowest BCUT2D eigenvalue weighted by atomic mass is 9.82. The summed E-state index contributed by atoms with van der Waals surface area (Å²) in [4.78, 5) is 0. The summed E-state index contributed by atoms with van der Waals surface area (Å²) in [6, 6.07) is 0. The maximum Gasteiger partial charge on any atom is -0.00205 e. The second-order valence-corrected chi connectivity index (χ2v) is 4.69. The molecule has 0 aromatic rings. The second kappa shape index (κ2) is 7.05. The van der Waals surface area contributed by atoms with Gasteiger partial charge in [0.2, 0.25) is 0 Å². The van der Waals surface area contributed by atoms with E-state index >= 15 is 0 Å². The smallest absolute Gasteiger partial charge is 0.00205 e. The molecule has 1 fully saturated rings. The fourth-order valence-corrected chi connectivity index (χ4v) is 2.68. The van der Waals surface area contributed by atoms with Gasteiger partial charge in [0.05, 0.1) is 0 Å². The zero-order valence-electron chi connectivity index (χ0n) is 9.60. The van der Waals surface area contributed by atoms with E-state index in [1.54, 1.807) is 0 Å².